The summed E-state index contributed by atoms with van der Waals surface area (Å²) >= 11 is 18.7. The van der Waals surface area contributed by atoms with Gasteiger partial charge in [0.05, 0.1) is 0 Å². The second-order valence-corrected chi connectivity index (χ2v) is 23.0. The largest absolute Gasteiger partial charge is 0.444 e. The van der Waals surface area contributed by atoms with Gasteiger partial charge >= 0.3 is 6.09 Å². The van der Waals surface area contributed by atoms with Crippen LogP contribution in [0.2, 0.25) is 10.0 Å². The van der Waals surface area contributed by atoms with Crippen molar-refractivity contribution in [1.29, 1.82) is 0 Å². The zero-order chi connectivity index (χ0) is 33.7. The molecule has 0 spiro atoms. The zero-order valence-corrected chi connectivity index (χ0v) is 33.7. The second-order valence-electron chi connectivity index (χ2n) is 11.3. The average Bonchev–Trinajstić information content (AvgIpc) is 3.55. The molecule has 47 heavy (non-hydrogen) atoms. The number of H-pyrrole nitrogens is 2. The minimum Gasteiger partial charge on any atom is -0.444 e. The standard InChI is InChI=1S/C16H20ClN3O2.C15H16ClN3O.CHI3.CH4/c1-16(2,3)22-15(21)18-9-8-13-10-19-14(20-13)11-4-6-12(17)7-5-11;16-12-5-3-10(4-6-12)14-18-9-13(19-14)7-8-17-15(20)11-1-2-11;2-1(3)4;/h4-7,10H,8-9H2,1-3H3,(H,18,21)(H,19,20);3-6,9,11H,1-2,7-8H2,(H,17,20)(H,18,19);1H;1H4. The van der Waals surface area contributed by atoms with Crippen molar-refractivity contribution in [2.45, 2.75) is 59.4 Å². The number of aromatic nitrogens is 4. The Morgan fingerprint density at radius 3 is 1.62 bits per heavy atom. The Hall–Kier alpha value is -1.63. The van der Waals surface area contributed by atoms with E-state index in [1.165, 1.54) is 0 Å². The molecular weight excluding hydrogens is 980 g/mol. The van der Waals surface area contributed by atoms with E-state index in [0.29, 0.717) is 29.6 Å². The third-order valence-corrected chi connectivity index (χ3v) is 6.70. The van der Waals surface area contributed by atoms with E-state index in [2.05, 4.69) is 98.3 Å². The molecule has 1 aliphatic rings. The molecule has 0 radical (unpaired) electrons. The molecule has 0 bridgehead atoms. The van der Waals surface area contributed by atoms with Gasteiger partial charge in [0.15, 0.2) is 0 Å². The van der Waals surface area contributed by atoms with E-state index < -0.39 is 11.7 Å². The van der Waals surface area contributed by atoms with Crippen molar-refractivity contribution in [3.63, 3.8) is 0 Å². The molecule has 2 aromatic carbocycles. The Kier molecular flexibility index (Phi) is 18.4. The maximum absolute atomic E-state index is 11.5. The molecule has 5 rings (SSSR count). The van der Waals surface area contributed by atoms with Crippen LogP contribution in [0.25, 0.3) is 22.8 Å². The SMILES string of the molecule is C.CC(C)(C)OC(=O)NCCc1cnc(-c2ccc(Cl)cc2)[nH]1.IC(I)I.O=C(NCCc1cnc(-c2ccc(Cl)cc2)[nH]1)C1CC1. The summed E-state index contributed by atoms with van der Waals surface area (Å²) in [6.45, 7) is 6.63. The summed E-state index contributed by atoms with van der Waals surface area (Å²) in [7, 11) is 0. The number of carbonyl (C=O) groups is 2. The third-order valence-electron chi connectivity index (χ3n) is 6.20. The molecule has 9 nitrogen and oxygen atoms in total. The van der Waals surface area contributed by atoms with Crippen LogP contribution in [0.15, 0.2) is 60.9 Å². The fourth-order valence-electron chi connectivity index (χ4n) is 3.90. The lowest BCUT2D eigenvalue weighted by atomic mass is 10.2. The van der Waals surface area contributed by atoms with E-state index in [0.717, 1.165) is 53.4 Å². The average molecular weight is 1020 g/mol. The summed E-state index contributed by atoms with van der Waals surface area (Å²) in [6, 6.07) is 15.0. The topological polar surface area (TPSA) is 125 Å². The number of ether oxygens (including phenoxy) is 1. The van der Waals surface area contributed by atoms with Gasteiger partial charge in [-0.3, -0.25) is 4.79 Å². The number of imidazole rings is 2. The number of halogens is 5. The number of carbonyl (C=O) groups excluding carboxylic acids is 2. The quantitative estimate of drug-likeness (QED) is 0.0983. The van der Waals surface area contributed by atoms with Crippen LogP contribution in [0.1, 0.15) is 52.4 Å². The Balaban J connectivity index is 0.000000289. The molecule has 4 aromatic rings. The second kappa shape index (κ2) is 20.8. The van der Waals surface area contributed by atoms with Crippen molar-refractivity contribution in [3.05, 3.63) is 82.4 Å². The predicted octanol–water partition coefficient (Wildman–Crippen LogP) is 9.81. The molecule has 0 atom stereocenters. The number of benzene rings is 2. The first kappa shape index (κ1) is 41.5. The molecule has 1 aliphatic carbocycles. The van der Waals surface area contributed by atoms with Gasteiger partial charge in [0, 0.05) is 76.8 Å². The van der Waals surface area contributed by atoms with Crippen LogP contribution in [-0.2, 0) is 22.4 Å². The normalized spacial score (nSPS) is 12.1. The van der Waals surface area contributed by atoms with Gasteiger partial charge in [-0.2, -0.15) is 0 Å². The van der Waals surface area contributed by atoms with E-state index >= 15 is 0 Å². The highest BCUT2D eigenvalue weighted by Gasteiger charge is 2.29. The maximum Gasteiger partial charge on any atom is 0.407 e. The molecule has 2 amide bonds. The number of hydrogen-bond acceptors (Lipinski definition) is 5. The Morgan fingerprint density at radius 1 is 0.830 bits per heavy atom. The molecule has 0 aliphatic heterocycles. The van der Waals surface area contributed by atoms with E-state index in [-0.39, 0.29) is 19.3 Å². The van der Waals surface area contributed by atoms with Crippen molar-refractivity contribution in [2.24, 2.45) is 5.92 Å². The number of alkyl halides is 3. The highest BCUT2D eigenvalue weighted by molar-refractivity contribution is 14.3. The molecular formula is C33H41Cl2I3N6O3. The van der Waals surface area contributed by atoms with Gasteiger partial charge in [-0.15, -0.1) is 0 Å². The van der Waals surface area contributed by atoms with Gasteiger partial charge in [-0.05, 0) is 82.1 Å². The van der Waals surface area contributed by atoms with Gasteiger partial charge in [-0.25, -0.2) is 14.8 Å². The molecule has 0 saturated heterocycles. The van der Waals surface area contributed by atoms with Gasteiger partial charge in [0.2, 0.25) is 5.91 Å². The van der Waals surface area contributed by atoms with E-state index in [4.69, 9.17) is 27.9 Å². The van der Waals surface area contributed by atoms with Crippen molar-refractivity contribution in [1.82, 2.24) is 30.6 Å². The molecule has 4 N–H and O–H groups in total. The molecule has 0 unspecified atom stereocenters. The van der Waals surface area contributed by atoms with E-state index in [1.807, 2.05) is 75.5 Å². The zero-order valence-electron chi connectivity index (χ0n) is 25.7. The number of nitrogens with one attached hydrogen (secondary N) is 4. The highest BCUT2D eigenvalue weighted by Crippen LogP contribution is 2.28. The van der Waals surface area contributed by atoms with Crippen LogP contribution in [0, 0.1) is 5.92 Å². The molecule has 256 valence electrons. The van der Waals surface area contributed by atoms with Gasteiger partial charge in [0.1, 0.15) is 17.2 Å². The highest BCUT2D eigenvalue weighted by atomic mass is 127. The van der Waals surface area contributed by atoms with Crippen molar-refractivity contribution in [2.75, 3.05) is 13.1 Å². The van der Waals surface area contributed by atoms with Crippen LogP contribution in [-0.4, -0.2) is 50.6 Å². The first-order valence-electron chi connectivity index (χ1n) is 14.6. The van der Waals surface area contributed by atoms with Crippen LogP contribution < -0.4 is 10.6 Å². The van der Waals surface area contributed by atoms with Crippen LogP contribution in [0.3, 0.4) is 0 Å². The van der Waals surface area contributed by atoms with Gasteiger partial charge < -0.3 is 25.3 Å². The minimum absolute atomic E-state index is 0. The Bertz CT molecular complexity index is 1520. The minimum atomic E-state index is -0.486. The lowest BCUT2D eigenvalue weighted by Crippen LogP contribution is -2.33. The van der Waals surface area contributed by atoms with E-state index in [1.54, 1.807) is 6.20 Å². The fourth-order valence-corrected chi connectivity index (χ4v) is 4.16. The molecule has 1 saturated carbocycles. The van der Waals surface area contributed by atoms with Crippen molar-refractivity contribution < 1.29 is 14.3 Å². The van der Waals surface area contributed by atoms with E-state index in [9.17, 15) is 9.59 Å². The maximum atomic E-state index is 11.5. The van der Waals surface area contributed by atoms with Crippen LogP contribution in [0.4, 0.5) is 4.79 Å². The number of alkyl carbamates (subject to hydrolysis) is 1. The summed E-state index contributed by atoms with van der Waals surface area (Å²) in [6.07, 6.45) is 6.66. The number of nitrogens with zero attached hydrogens (tertiary/aromatic N) is 2. The molecule has 14 heteroatoms. The molecule has 2 heterocycles. The molecule has 2 aromatic heterocycles. The Morgan fingerprint density at radius 2 is 1.23 bits per heavy atom. The third kappa shape index (κ3) is 17.0. The molecule has 1 fully saturated rings. The summed E-state index contributed by atoms with van der Waals surface area (Å²) in [5.41, 5.74) is 3.45. The number of amides is 2. The monoisotopic (exact) mass is 1020 g/mol. The number of hydrogen-bond donors (Lipinski definition) is 4. The van der Waals surface area contributed by atoms with Crippen molar-refractivity contribution in [3.8, 4) is 22.8 Å². The number of rotatable bonds is 9. The predicted molar refractivity (Wildman–Crippen MR) is 218 cm³/mol. The van der Waals surface area contributed by atoms with Gasteiger partial charge in [-0.1, -0.05) is 98.4 Å². The van der Waals surface area contributed by atoms with Crippen molar-refractivity contribution >= 4 is 103 Å². The lowest BCUT2D eigenvalue weighted by Gasteiger charge is -2.19. The summed E-state index contributed by atoms with van der Waals surface area (Å²) in [4.78, 5) is 38.2. The number of aromatic amines is 2. The summed E-state index contributed by atoms with van der Waals surface area (Å²) < 4.78 is 5.92. The first-order valence-corrected chi connectivity index (χ1v) is 19.0. The summed E-state index contributed by atoms with van der Waals surface area (Å²) in [5.74, 6) is 2.05. The first-order chi connectivity index (χ1) is 21.8. The Labute approximate surface area is 328 Å². The smallest absolute Gasteiger partial charge is 0.407 e. The summed E-state index contributed by atoms with van der Waals surface area (Å²) in [5, 5.41) is 7.07. The fraction of sp³-hybridized carbons (Fsp3) is 0.394. The van der Waals surface area contributed by atoms with Crippen LogP contribution in [0.5, 0.6) is 0 Å². The van der Waals surface area contributed by atoms with Gasteiger partial charge in [0.25, 0.3) is 0 Å². The van der Waals surface area contributed by atoms with Crippen LogP contribution >= 0.6 is 91.0 Å². The lowest BCUT2D eigenvalue weighted by molar-refractivity contribution is -0.122.